The van der Waals surface area contributed by atoms with E-state index in [0.717, 1.165) is 23.7 Å². The summed E-state index contributed by atoms with van der Waals surface area (Å²) < 4.78 is 0. The highest BCUT2D eigenvalue weighted by Crippen LogP contribution is 2.34. The molecule has 3 aromatic rings. The lowest BCUT2D eigenvalue weighted by Gasteiger charge is -2.33. The number of aryl methyl sites for hydroxylation is 1. The average molecular weight is 309 g/mol. The van der Waals surface area contributed by atoms with Crippen LogP contribution in [0.2, 0.25) is 0 Å². The zero-order valence-corrected chi connectivity index (χ0v) is 13.5. The van der Waals surface area contributed by atoms with E-state index in [1.165, 1.54) is 28.7 Å². The zero-order chi connectivity index (χ0) is 14.9. The first kappa shape index (κ1) is 13.7. The summed E-state index contributed by atoms with van der Waals surface area (Å²) in [5.74, 6) is 1.79. The van der Waals surface area contributed by atoms with Gasteiger partial charge in [-0.25, -0.2) is 9.97 Å². The molecule has 4 heteroatoms. The van der Waals surface area contributed by atoms with Crippen molar-refractivity contribution in [2.24, 2.45) is 0 Å². The summed E-state index contributed by atoms with van der Waals surface area (Å²) >= 11 is 1.75. The molecule has 0 aliphatic carbocycles. The van der Waals surface area contributed by atoms with Crippen LogP contribution in [0.3, 0.4) is 0 Å². The van der Waals surface area contributed by atoms with E-state index in [1.807, 2.05) is 0 Å². The molecule has 4 rings (SSSR count). The number of thiophene rings is 1. The fraction of sp³-hybridized carbons (Fsp3) is 0.333. The molecule has 0 saturated carbocycles. The Bertz CT molecular complexity index is 773. The third-order valence-electron chi connectivity index (χ3n) is 4.50. The molecule has 0 atom stereocenters. The molecule has 1 fully saturated rings. The number of aromatic nitrogens is 2. The van der Waals surface area contributed by atoms with Crippen molar-refractivity contribution in [2.75, 3.05) is 18.0 Å². The number of piperidine rings is 1. The molecule has 3 nitrogen and oxygen atoms in total. The van der Waals surface area contributed by atoms with Gasteiger partial charge in [0.15, 0.2) is 0 Å². The summed E-state index contributed by atoms with van der Waals surface area (Å²) in [6, 6.07) is 13.1. The van der Waals surface area contributed by atoms with Gasteiger partial charge in [-0.05, 0) is 37.3 Å². The maximum absolute atomic E-state index is 4.56. The van der Waals surface area contributed by atoms with Crippen LogP contribution in [0.25, 0.3) is 10.2 Å². The minimum Gasteiger partial charge on any atom is -0.356 e. The predicted octanol–water partition coefficient (Wildman–Crippen LogP) is 4.38. The van der Waals surface area contributed by atoms with Crippen LogP contribution in [0.1, 0.15) is 29.2 Å². The largest absolute Gasteiger partial charge is 0.356 e. The van der Waals surface area contributed by atoms with Crippen molar-refractivity contribution in [3.05, 3.63) is 53.2 Å². The first-order valence-corrected chi connectivity index (χ1v) is 8.64. The molecule has 0 spiro atoms. The van der Waals surface area contributed by atoms with Crippen LogP contribution < -0.4 is 4.90 Å². The molecule has 0 N–H and O–H groups in total. The molecular weight excluding hydrogens is 290 g/mol. The van der Waals surface area contributed by atoms with Crippen LogP contribution in [0.5, 0.6) is 0 Å². The van der Waals surface area contributed by atoms with Crippen molar-refractivity contribution in [3.8, 4) is 0 Å². The lowest BCUT2D eigenvalue weighted by Crippen LogP contribution is -2.33. The van der Waals surface area contributed by atoms with Gasteiger partial charge < -0.3 is 4.90 Å². The SMILES string of the molecule is Cc1cc2c(N3CCC(c4ccccc4)CC3)ncnc2s1. The Hall–Kier alpha value is -1.94. The molecule has 112 valence electrons. The minimum absolute atomic E-state index is 0.680. The second kappa shape index (κ2) is 5.69. The van der Waals surface area contributed by atoms with Gasteiger partial charge in [0.05, 0.1) is 5.39 Å². The Labute approximate surface area is 134 Å². The van der Waals surface area contributed by atoms with Crippen molar-refractivity contribution < 1.29 is 0 Å². The molecule has 0 radical (unpaired) electrons. The molecule has 0 unspecified atom stereocenters. The second-order valence-corrected chi connectivity index (χ2v) is 7.18. The van der Waals surface area contributed by atoms with Crippen LogP contribution in [0.4, 0.5) is 5.82 Å². The summed E-state index contributed by atoms with van der Waals surface area (Å²) in [4.78, 5) is 13.8. The van der Waals surface area contributed by atoms with Crippen LogP contribution >= 0.6 is 11.3 Å². The van der Waals surface area contributed by atoms with E-state index in [0.29, 0.717) is 5.92 Å². The maximum Gasteiger partial charge on any atom is 0.140 e. The molecule has 2 aromatic heterocycles. The molecule has 1 aliphatic rings. The van der Waals surface area contributed by atoms with E-state index in [1.54, 1.807) is 17.7 Å². The highest BCUT2D eigenvalue weighted by Gasteiger charge is 2.23. The van der Waals surface area contributed by atoms with Crippen LogP contribution in [0.15, 0.2) is 42.7 Å². The Morgan fingerprint density at radius 1 is 1.09 bits per heavy atom. The first-order valence-electron chi connectivity index (χ1n) is 7.82. The third-order valence-corrected chi connectivity index (χ3v) is 5.46. The van der Waals surface area contributed by atoms with E-state index in [-0.39, 0.29) is 0 Å². The summed E-state index contributed by atoms with van der Waals surface area (Å²) in [6.45, 7) is 4.28. The third kappa shape index (κ3) is 2.48. The molecular formula is C18H19N3S. The van der Waals surface area contributed by atoms with Gasteiger partial charge in [0.2, 0.25) is 0 Å². The summed E-state index contributed by atoms with van der Waals surface area (Å²) in [5, 5.41) is 1.21. The van der Waals surface area contributed by atoms with Crippen molar-refractivity contribution in [1.82, 2.24) is 9.97 Å². The van der Waals surface area contributed by atoms with Crippen molar-refractivity contribution in [1.29, 1.82) is 0 Å². The number of hydrogen-bond acceptors (Lipinski definition) is 4. The molecule has 0 bridgehead atoms. The first-order chi connectivity index (χ1) is 10.8. The number of benzene rings is 1. The van der Waals surface area contributed by atoms with E-state index in [4.69, 9.17) is 0 Å². The lowest BCUT2D eigenvalue weighted by molar-refractivity contribution is 0.503. The number of nitrogens with zero attached hydrogens (tertiary/aromatic N) is 3. The molecule has 1 aromatic carbocycles. The molecule has 0 amide bonds. The molecule has 1 saturated heterocycles. The monoisotopic (exact) mass is 309 g/mol. The van der Waals surface area contributed by atoms with Gasteiger partial charge in [-0.1, -0.05) is 30.3 Å². The Balaban J connectivity index is 1.56. The summed E-state index contributed by atoms with van der Waals surface area (Å²) in [5.41, 5.74) is 1.47. The Morgan fingerprint density at radius 3 is 2.64 bits per heavy atom. The summed E-state index contributed by atoms with van der Waals surface area (Å²) in [7, 11) is 0. The number of fused-ring (bicyclic) bond motifs is 1. The fourth-order valence-corrected chi connectivity index (χ4v) is 4.21. The van der Waals surface area contributed by atoms with Crippen LogP contribution in [0, 0.1) is 6.92 Å². The van der Waals surface area contributed by atoms with Gasteiger partial charge >= 0.3 is 0 Å². The topological polar surface area (TPSA) is 29.0 Å². The minimum atomic E-state index is 0.680. The van der Waals surface area contributed by atoms with E-state index in [2.05, 4.69) is 58.2 Å². The molecule has 3 heterocycles. The number of rotatable bonds is 2. The van der Waals surface area contributed by atoms with Crippen molar-refractivity contribution in [2.45, 2.75) is 25.7 Å². The van der Waals surface area contributed by atoms with E-state index in [9.17, 15) is 0 Å². The number of anilines is 1. The smallest absolute Gasteiger partial charge is 0.140 e. The normalized spacial score (nSPS) is 16.3. The van der Waals surface area contributed by atoms with Gasteiger partial charge in [-0.3, -0.25) is 0 Å². The van der Waals surface area contributed by atoms with Gasteiger partial charge in [0, 0.05) is 18.0 Å². The number of hydrogen-bond donors (Lipinski definition) is 0. The standard InChI is InChI=1S/C18H19N3S/c1-13-11-16-17(19-12-20-18(16)22-13)21-9-7-15(8-10-21)14-5-3-2-4-6-14/h2-6,11-12,15H,7-10H2,1H3. The van der Waals surface area contributed by atoms with Gasteiger partial charge in [-0.2, -0.15) is 0 Å². The second-order valence-electron chi connectivity index (χ2n) is 5.95. The van der Waals surface area contributed by atoms with Crippen LogP contribution in [-0.4, -0.2) is 23.1 Å². The van der Waals surface area contributed by atoms with Crippen LogP contribution in [-0.2, 0) is 0 Å². The van der Waals surface area contributed by atoms with E-state index < -0.39 is 0 Å². The average Bonchev–Trinajstić information content (AvgIpc) is 2.96. The van der Waals surface area contributed by atoms with Gasteiger partial charge in [-0.15, -0.1) is 11.3 Å². The fourth-order valence-electron chi connectivity index (χ4n) is 3.37. The van der Waals surface area contributed by atoms with E-state index >= 15 is 0 Å². The highest BCUT2D eigenvalue weighted by molar-refractivity contribution is 7.18. The molecule has 1 aliphatic heterocycles. The van der Waals surface area contributed by atoms with Gasteiger partial charge in [0.25, 0.3) is 0 Å². The van der Waals surface area contributed by atoms with Crippen molar-refractivity contribution in [3.63, 3.8) is 0 Å². The van der Waals surface area contributed by atoms with Crippen molar-refractivity contribution >= 4 is 27.4 Å². The predicted molar refractivity (Wildman–Crippen MR) is 92.8 cm³/mol. The van der Waals surface area contributed by atoms with Gasteiger partial charge in [0.1, 0.15) is 17.0 Å². The summed E-state index contributed by atoms with van der Waals surface area (Å²) in [6.07, 6.45) is 4.09. The molecule has 22 heavy (non-hydrogen) atoms. The lowest BCUT2D eigenvalue weighted by atomic mass is 9.89. The zero-order valence-electron chi connectivity index (χ0n) is 12.7. The maximum atomic E-state index is 4.56. The quantitative estimate of drug-likeness (QED) is 0.703. The Morgan fingerprint density at radius 2 is 1.86 bits per heavy atom. The highest BCUT2D eigenvalue weighted by atomic mass is 32.1. The Kier molecular flexibility index (Phi) is 3.54.